The summed E-state index contributed by atoms with van der Waals surface area (Å²) in [6, 6.07) is 11.1. The molecule has 0 aliphatic rings. The van der Waals surface area contributed by atoms with Gasteiger partial charge in [-0.1, -0.05) is 22.0 Å². The van der Waals surface area contributed by atoms with E-state index < -0.39 is 5.97 Å². The van der Waals surface area contributed by atoms with Gasteiger partial charge in [-0.25, -0.2) is 9.78 Å². The van der Waals surface area contributed by atoms with Crippen LogP contribution in [0.3, 0.4) is 0 Å². The van der Waals surface area contributed by atoms with Crippen LogP contribution in [-0.2, 0) is 0 Å². The van der Waals surface area contributed by atoms with Gasteiger partial charge in [0.15, 0.2) is 0 Å². The Hall–Kier alpha value is -1.72. The second kappa shape index (κ2) is 5.00. The third kappa shape index (κ3) is 2.34. The van der Waals surface area contributed by atoms with Crippen molar-refractivity contribution < 1.29 is 9.90 Å². The van der Waals surface area contributed by atoms with Crippen molar-refractivity contribution in [2.45, 2.75) is 6.92 Å². The zero-order valence-electron chi connectivity index (χ0n) is 10.6. The van der Waals surface area contributed by atoms with Gasteiger partial charge in [-0.2, -0.15) is 0 Å². The van der Waals surface area contributed by atoms with Crippen molar-refractivity contribution >= 4 is 43.5 Å². The normalized spacial score (nSPS) is 10.9. The van der Waals surface area contributed by atoms with E-state index in [1.807, 2.05) is 19.1 Å². The topological polar surface area (TPSA) is 50.2 Å². The molecule has 1 heterocycles. The van der Waals surface area contributed by atoms with Gasteiger partial charge in [-0.3, -0.25) is 0 Å². The molecule has 0 atom stereocenters. The minimum atomic E-state index is -0.915. The lowest BCUT2D eigenvalue weighted by Gasteiger charge is -2.00. The molecule has 20 heavy (non-hydrogen) atoms. The second-order valence-electron chi connectivity index (χ2n) is 4.47. The van der Waals surface area contributed by atoms with Crippen molar-refractivity contribution in [3.8, 4) is 10.6 Å². The SMILES string of the molecule is Cc1cc(-c2nc3ccc(C(=O)O)cc3s2)ccc1Br. The summed E-state index contributed by atoms with van der Waals surface area (Å²) < 4.78 is 1.95. The molecule has 3 aromatic rings. The van der Waals surface area contributed by atoms with Crippen LogP contribution in [0.4, 0.5) is 0 Å². The van der Waals surface area contributed by atoms with Crippen molar-refractivity contribution in [1.29, 1.82) is 0 Å². The predicted octanol–water partition coefficient (Wildman–Crippen LogP) is 4.73. The minimum Gasteiger partial charge on any atom is -0.478 e. The predicted molar refractivity (Wildman–Crippen MR) is 84.5 cm³/mol. The van der Waals surface area contributed by atoms with Gasteiger partial charge in [-0.05, 0) is 42.8 Å². The Bertz CT molecular complexity index is 826. The van der Waals surface area contributed by atoms with Crippen molar-refractivity contribution in [3.63, 3.8) is 0 Å². The van der Waals surface area contributed by atoms with Gasteiger partial charge in [-0.15, -0.1) is 11.3 Å². The molecule has 3 rings (SSSR count). The molecule has 0 unspecified atom stereocenters. The number of hydrogen-bond donors (Lipinski definition) is 1. The highest BCUT2D eigenvalue weighted by Crippen LogP contribution is 2.32. The van der Waals surface area contributed by atoms with Crippen molar-refractivity contribution in [1.82, 2.24) is 4.98 Å². The number of halogens is 1. The molecule has 0 amide bonds. The molecule has 0 saturated carbocycles. The van der Waals surface area contributed by atoms with Gasteiger partial charge < -0.3 is 5.11 Å². The van der Waals surface area contributed by atoms with Crippen LogP contribution in [0, 0.1) is 6.92 Å². The molecule has 0 fully saturated rings. The minimum absolute atomic E-state index is 0.291. The smallest absolute Gasteiger partial charge is 0.335 e. The lowest BCUT2D eigenvalue weighted by molar-refractivity contribution is 0.0697. The average Bonchev–Trinajstić information content (AvgIpc) is 2.84. The van der Waals surface area contributed by atoms with Crippen molar-refractivity contribution in [2.75, 3.05) is 0 Å². The van der Waals surface area contributed by atoms with E-state index in [0.29, 0.717) is 5.56 Å². The van der Waals surface area contributed by atoms with E-state index in [-0.39, 0.29) is 0 Å². The Balaban J connectivity index is 2.12. The molecule has 1 aromatic heterocycles. The van der Waals surface area contributed by atoms with Crippen LogP contribution in [0.25, 0.3) is 20.8 Å². The fraction of sp³-hybridized carbons (Fsp3) is 0.0667. The molecule has 0 bridgehead atoms. The fourth-order valence-electron chi connectivity index (χ4n) is 1.96. The maximum absolute atomic E-state index is 11.0. The molecular weight excluding hydrogens is 338 g/mol. The van der Waals surface area contributed by atoms with Crippen molar-refractivity contribution in [3.05, 3.63) is 52.0 Å². The Kier molecular flexibility index (Phi) is 3.31. The van der Waals surface area contributed by atoms with E-state index in [2.05, 4.69) is 27.0 Å². The Morgan fingerprint density at radius 2 is 2.05 bits per heavy atom. The number of carboxylic acids is 1. The highest BCUT2D eigenvalue weighted by Gasteiger charge is 2.10. The van der Waals surface area contributed by atoms with E-state index in [0.717, 1.165) is 30.8 Å². The molecule has 1 N–H and O–H groups in total. The number of aromatic nitrogens is 1. The summed E-state index contributed by atoms with van der Waals surface area (Å²) in [4.78, 5) is 15.5. The summed E-state index contributed by atoms with van der Waals surface area (Å²) in [7, 11) is 0. The van der Waals surface area contributed by atoms with Crippen LogP contribution in [0.15, 0.2) is 40.9 Å². The first kappa shape index (κ1) is 13.3. The van der Waals surface area contributed by atoms with Gasteiger partial charge in [0.2, 0.25) is 0 Å². The molecule has 0 radical (unpaired) electrons. The monoisotopic (exact) mass is 347 g/mol. The average molecular weight is 348 g/mol. The van der Waals surface area contributed by atoms with Crippen LogP contribution in [-0.4, -0.2) is 16.1 Å². The Labute approximate surface area is 128 Å². The van der Waals surface area contributed by atoms with Gasteiger partial charge >= 0.3 is 5.97 Å². The van der Waals surface area contributed by atoms with Gasteiger partial charge in [0, 0.05) is 10.0 Å². The number of aryl methyl sites for hydroxylation is 1. The third-order valence-electron chi connectivity index (χ3n) is 3.04. The third-order valence-corrected chi connectivity index (χ3v) is 5.00. The molecule has 0 aliphatic carbocycles. The summed E-state index contributed by atoms with van der Waals surface area (Å²) in [5, 5.41) is 9.92. The maximum atomic E-state index is 11.0. The van der Waals surface area contributed by atoms with E-state index in [1.54, 1.807) is 18.2 Å². The number of nitrogens with zero attached hydrogens (tertiary/aromatic N) is 1. The molecule has 0 spiro atoms. The number of carboxylic acid groups (broad SMARTS) is 1. The van der Waals surface area contributed by atoms with E-state index in [9.17, 15) is 4.79 Å². The number of aromatic carboxylic acids is 1. The largest absolute Gasteiger partial charge is 0.478 e. The first-order valence-electron chi connectivity index (χ1n) is 5.95. The zero-order chi connectivity index (χ0) is 14.3. The van der Waals surface area contributed by atoms with E-state index in [1.165, 1.54) is 11.3 Å². The number of rotatable bonds is 2. The molecule has 0 aliphatic heterocycles. The van der Waals surface area contributed by atoms with Gasteiger partial charge in [0.1, 0.15) is 5.01 Å². The summed E-state index contributed by atoms with van der Waals surface area (Å²) in [6.07, 6.45) is 0. The standard InChI is InChI=1S/C15H10BrNO2S/c1-8-6-9(2-4-11(8)16)14-17-12-5-3-10(15(18)19)7-13(12)20-14/h2-7H,1H3,(H,18,19). The lowest BCUT2D eigenvalue weighted by Crippen LogP contribution is -1.94. The van der Waals surface area contributed by atoms with Crippen LogP contribution in [0.2, 0.25) is 0 Å². The van der Waals surface area contributed by atoms with Crippen LogP contribution in [0.5, 0.6) is 0 Å². The van der Waals surface area contributed by atoms with Crippen LogP contribution < -0.4 is 0 Å². The molecule has 5 heteroatoms. The first-order chi connectivity index (χ1) is 9.54. The molecule has 2 aromatic carbocycles. The molecule has 0 saturated heterocycles. The summed E-state index contributed by atoms with van der Waals surface area (Å²) >= 11 is 4.99. The molecule has 3 nitrogen and oxygen atoms in total. The maximum Gasteiger partial charge on any atom is 0.335 e. The molecular formula is C15H10BrNO2S. The van der Waals surface area contributed by atoms with Gasteiger partial charge in [0.05, 0.1) is 15.8 Å². The van der Waals surface area contributed by atoms with Crippen LogP contribution >= 0.6 is 27.3 Å². The second-order valence-corrected chi connectivity index (χ2v) is 6.36. The highest BCUT2D eigenvalue weighted by atomic mass is 79.9. The summed E-state index contributed by atoms with van der Waals surface area (Å²) in [6.45, 7) is 2.03. The highest BCUT2D eigenvalue weighted by molar-refractivity contribution is 9.10. The molecule has 100 valence electrons. The first-order valence-corrected chi connectivity index (χ1v) is 7.56. The summed E-state index contributed by atoms with van der Waals surface area (Å²) in [5.74, 6) is -0.915. The zero-order valence-corrected chi connectivity index (χ0v) is 13.0. The summed E-state index contributed by atoms with van der Waals surface area (Å²) in [5.41, 5.74) is 3.31. The Morgan fingerprint density at radius 3 is 2.75 bits per heavy atom. The quantitative estimate of drug-likeness (QED) is 0.728. The van der Waals surface area contributed by atoms with Crippen LogP contribution in [0.1, 0.15) is 15.9 Å². The Morgan fingerprint density at radius 1 is 1.25 bits per heavy atom. The number of benzene rings is 2. The number of hydrogen-bond acceptors (Lipinski definition) is 3. The van der Waals surface area contributed by atoms with Crippen molar-refractivity contribution in [2.24, 2.45) is 0 Å². The number of thiazole rings is 1. The number of carbonyl (C=O) groups is 1. The fourth-order valence-corrected chi connectivity index (χ4v) is 3.21. The number of fused-ring (bicyclic) bond motifs is 1. The van der Waals surface area contributed by atoms with E-state index >= 15 is 0 Å². The lowest BCUT2D eigenvalue weighted by atomic mass is 10.1. The van der Waals surface area contributed by atoms with E-state index in [4.69, 9.17) is 5.11 Å². The van der Waals surface area contributed by atoms with Gasteiger partial charge in [0.25, 0.3) is 0 Å².